The smallest absolute Gasteiger partial charge is 0.357 e. The van der Waals surface area contributed by atoms with E-state index in [1.807, 2.05) is 19.1 Å². The van der Waals surface area contributed by atoms with Crippen molar-refractivity contribution >= 4 is 25.1 Å². The highest BCUT2D eigenvalue weighted by Crippen LogP contribution is 2.48. The summed E-state index contributed by atoms with van der Waals surface area (Å²) >= 11 is 0. The number of ether oxygens (including phenoxy) is 1. The molecule has 33 heavy (non-hydrogen) atoms. The molecule has 0 aliphatic heterocycles. The molecule has 0 saturated heterocycles. The van der Waals surface area contributed by atoms with Gasteiger partial charge in [0.05, 0.1) is 22.8 Å². The lowest BCUT2D eigenvalue weighted by molar-refractivity contribution is -0.156. The van der Waals surface area contributed by atoms with Crippen LogP contribution in [0.2, 0.25) is 16.6 Å². The number of hydrogen-bond acceptors (Lipinski definition) is 5. The van der Waals surface area contributed by atoms with Crippen molar-refractivity contribution in [3.8, 4) is 6.07 Å². The quantitative estimate of drug-likeness (QED) is 0.310. The Morgan fingerprint density at radius 3 is 1.94 bits per heavy atom. The second kappa shape index (κ2) is 10.8. The summed E-state index contributed by atoms with van der Waals surface area (Å²) in [5, 5.41) is 10.5. The number of nitriles is 1. The largest absolute Gasteiger partial charge is 0.466 e. The van der Waals surface area contributed by atoms with Crippen LogP contribution >= 0.6 is 0 Å². The van der Waals surface area contributed by atoms with Gasteiger partial charge in [-0.1, -0.05) is 77.4 Å². The molecule has 0 aromatic heterocycles. The minimum absolute atomic E-state index is 0.129. The van der Waals surface area contributed by atoms with Crippen LogP contribution in [0.1, 0.15) is 52.7 Å². The second-order valence-electron chi connectivity index (χ2n) is 9.28. The van der Waals surface area contributed by atoms with E-state index in [-0.39, 0.29) is 22.2 Å². The lowest BCUT2D eigenvalue weighted by Crippen LogP contribution is -2.56. The molecular formula is C26H35NO4SSi. The van der Waals surface area contributed by atoms with Gasteiger partial charge in [-0.25, -0.2) is 9.00 Å². The molecule has 2 atom stereocenters. The maximum absolute atomic E-state index is 13.6. The van der Waals surface area contributed by atoms with Crippen LogP contribution in [0.15, 0.2) is 58.3 Å². The van der Waals surface area contributed by atoms with E-state index in [4.69, 9.17) is 9.16 Å². The van der Waals surface area contributed by atoms with Gasteiger partial charge in [0.25, 0.3) is 5.60 Å². The van der Waals surface area contributed by atoms with E-state index in [9.17, 15) is 14.3 Å². The van der Waals surface area contributed by atoms with Gasteiger partial charge in [-0.3, -0.25) is 0 Å². The van der Waals surface area contributed by atoms with Gasteiger partial charge in [0.15, 0.2) is 0 Å². The third-order valence-corrected chi connectivity index (χ3v) is 13.9. The summed E-state index contributed by atoms with van der Waals surface area (Å²) in [6, 6.07) is 16.4. The molecule has 0 radical (unpaired) electrons. The number of nitrogens with zero attached hydrogens (tertiary/aromatic N) is 1. The van der Waals surface area contributed by atoms with Gasteiger partial charge in [-0.2, -0.15) is 5.26 Å². The number of methoxy groups -OCH3 is 1. The average molecular weight is 486 g/mol. The van der Waals surface area contributed by atoms with Gasteiger partial charge in [-0.15, -0.1) is 0 Å². The Balaban J connectivity index is 2.82. The van der Waals surface area contributed by atoms with Crippen LogP contribution in [0.3, 0.4) is 0 Å². The van der Waals surface area contributed by atoms with Crippen molar-refractivity contribution in [1.29, 1.82) is 5.26 Å². The van der Waals surface area contributed by atoms with Crippen molar-refractivity contribution in [2.24, 2.45) is 0 Å². The maximum Gasteiger partial charge on any atom is 0.357 e. The Bertz CT molecular complexity index is 1020. The lowest BCUT2D eigenvalue weighted by Gasteiger charge is -2.46. The van der Waals surface area contributed by atoms with Crippen LogP contribution in [0.5, 0.6) is 0 Å². The Morgan fingerprint density at radius 1 is 0.970 bits per heavy atom. The lowest BCUT2D eigenvalue weighted by atomic mass is 9.95. The van der Waals surface area contributed by atoms with E-state index in [0.717, 1.165) is 5.56 Å². The molecule has 5 nitrogen and oxygen atoms in total. The molecule has 0 aliphatic rings. The van der Waals surface area contributed by atoms with Gasteiger partial charge in [0.2, 0.25) is 8.32 Å². The van der Waals surface area contributed by atoms with Crippen molar-refractivity contribution < 1.29 is 18.2 Å². The topological polar surface area (TPSA) is 76.4 Å². The second-order valence-corrected chi connectivity index (χ2v) is 16.1. The van der Waals surface area contributed by atoms with Crippen molar-refractivity contribution in [3.63, 3.8) is 0 Å². The third-order valence-electron chi connectivity index (χ3n) is 6.37. The van der Waals surface area contributed by atoms with Crippen LogP contribution in [0, 0.1) is 18.3 Å². The highest BCUT2D eigenvalue weighted by Gasteiger charge is 2.56. The maximum atomic E-state index is 13.6. The highest BCUT2D eigenvalue weighted by molar-refractivity contribution is 7.85. The third kappa shape index (κ3) is 4.98. The molecular weight excluding hydrogens is 450 g/mol. The van der Waals surface area contributed by atoms with Crippen molar-refractivity contribution in [2.75, 3.05) is 7.11 Å². The number of carbonyl (C=O) groups is 1. The first-order chi connectivity index (χ1) is 15.5. The van der Waals surface area contributed by atoms with Gasteiger partial charge in [0.1, 0.15) is 6.07 Å². The van der Waals surface area contributed by atoms with E-state index < -0.39 is 30.7 Å². The summed E-state index contributed by atoms with van der Waals surface area (Å²) in [5.74, 6) is -0.794. The normalized spacial score (nSPS) is 14.7. The van der Waals surface area contributed by atoms with Crippen LogP contribution in [-0.2, 0) is 30.4 Å². The highest BCUT2D eigenvalue weighted by atomic mass is 32.2. The molecule has 2 aromatic rings. The number of rotatable bonds is 9. The molecule has 2 aromatic carbocycles. The molecule has 0 spiro atoms. The number of benzene rings is 2. The van der Waals surface area contributed by atoms with Crippen LogP contribution in [0.25, 0.3) is 0 Å². The fourth-order valence-electron chi connectivity index (χ4n) is 4.81. The zero-order valence-electron chi connectivity index (χ0n) is 20.8. The molecule has 0 bridgehead atoms. The molecule has 0 unspecified atom stereocenters. The SMILES string of the molecule is COC(=O)[C@](C#N)(O[Si](C(C)C)(C(C)C)C(C)C)c1ccccc1[S@@](=O)c1ccc(C)cc1. The van der Waals surface area contributed by atoms with Crippen molar-refractivity contribution in [3.05, 3.63) is 59.7 Å². The minimum Gasteiger partial charge on any atom is -0.466 e. The van der Waals surface area contributed by atoms with E-state index >= 15 is 0 Å². The van der Waals surface area contributed by atoms with Crippen LogP contribution in [0.4, 0.5) is 0 Å². The van der Waals surface area contributed by atoms with Crippen LogP contribution < -0.4 is 0 Å². The van der Waals surface area contributed by atoms with Gasteiger partial charge < -0.3 is 9.16 Å². The van der Waals surface area contributed by atoms with Gasteiger partial charge in [0, 0.05) is 10.5 Å². The standard InChI is InChI=1S/C26H35NO4SSi/c1-18(2)33(19(3)4,20(5)6)31-26(17-27,25(28)30-8)23-11-9-10-12-24(23)32(29)22-15-13-21(7)14-16-22/h9-16,18-20H,1-8H3/t26-,32+/m1/s1. The number of aryl methyl sites for hydroxylation is 1. The zero-order chi connectivity index (χ0) is 25.0. The summed E-state index contributed by atoms with van der Waals surface area (Å²) in [6.07, 6.45) is 0. The summed E-state index contributed by atoms with van der Waals surface area (Å²) < 4.78 is 25.6. The average Bonchev–Trinajstić information content (AvgIpc) is 2.79. The summed E-state index contributed by atoms with van der Waals surface area (Å²) in [6.45, 7) is 14.5. The molecule has 7 heteroatoms. The summed E-state index contributed by atoms with van der Waals surface area (Å²) in [7, 11) is -3.08. The van der Waals surface area contributed by atoms with E-state index in [2.05, 4.69) is 47.6 Å². The van der Waals surface area contributed by atoms with E-state index in [1.54, 1.807) is 36.4 Å². The molecule has 2 rings (SSSR count). The molecule has 0 heterocycles. The molecule has 0 amide bonds. The molecule has 0 aliphatic carbocycles. The summed E-state index contributed by atoms with van der Waals surface area (Å²) in [4.78, 5) is 14.3. The molecule has 0 saturated carbocycles. The number of hydrogen-bond donors (Lipinski definition) is 0. The number of esters is 1. The predicted octanol–water partition coefficient (Wildman–Crippen LogP) is 6.25. The first kappa shape index (κ1) is 27.0. The Hall–Kier alpha value is -2.27. The zero-order valence-corrected chi connectivity index (χ0v) is 22.7. The van der Waals surface area contributed by atoms with Gasteiger partial charge in [-0.05, 0) is 41.7 Å². The van der Waals surface area contributed by atoms with Gasteiger partial charge >= 0.3 is 5.97 Å². The van der Waals surface area contributed by atoms with E-state index in [1.165, 1.54) is 7.11 Å². The van der Waals surface area contributed by atoms with Crippen LogP contribution in [-0.4, -0.2) is 25.6 Å². The fourth-order valence-corrected chi connectivity index (χ4v) is 11.5. The summed E-state index contributed by atoms with van der Waals surface area (Å²) in [5.41, 5.74) is -0.303. The van der Waals surface area contributed by atoms with E-state index in [0.29, 0.717) is 9.79 Å². The monoisotopic (exact) mass is 485 g/mol. The molecule has 178 valence electrons. The Labute approximate surface area is 201 Å². The number of carbonyl (C=O) groups excluding carboxylic acids is 1. The Kier molecular flexibility index (Phi) is 8.80. The minimum atomic E-state index is -2.71. The first-order valence-corrected chi connectivity index (χ1v) is 14.5. The molecule has 0 N–H and O–H groups in total. The fraction of sp³-hybridized carbons (Fsp3) is 0.462. The van der Waals surface area contributed by atoms with Crippen molar-refractivity contribution in [1.82, 2.24) is 0 Å². The first-order valence-electron chi connectivity index (χ1n) is 11.3. The predicted molar refractivity (Wildman–Crippen MR) is 134 cm³/mol. The Morgan fingerprint density at radius 2 is 1.48 bits per heavy atom. The van der Waals surface area contributed by atoms with Crippen molar-refractivity contribution in [2.45, 2.75) is 80.5 Å². The molecule has 0 fully saturated rings.